The summed E-state index contributed by atoms with van der Waals surface area (Å²) in [5, 5.41) is 6.73. The molecule has 1 atom stereocenters. The van der Waals surface area contributed by atoms with Gasteiger partial charge < -0.3 is 15.5 Å². The summed E-state index contributed by atoms with van der Waals surface area (Å²) >= 11 is 0. The number of nitrogens with one attached hydrogen (secondary N) is 2. The maximum Gasteiger partial charge on any atom is 0.239 e. The number of hydrogen-bond acceptors (Lipinski definition) is 3. The normalized spacial score (nSPS) is 24.7. The fourth-order valence-electron chi connectivity index (χ4n) is 2.68. The summed E-state index contributed by atoms with van der Waals surface area (Å²) in [7, 11) is 0. The number of rotatable bonds is 3. The van der Waals surface area contributed by atoms with Gasteiger partial charge in [0, 0.05) is 32.2 Å². The maximum atomic E-state index is 12.1. The van der Waals surface area contributed by atoms with Gasteiger partial charge in [-0.15, -0.1) is 0 Å². The Morgan fingerprint density at radius 2 is 1.94 bits per heavy atom. The molecule has 1 heterocycles. The predicted molar refractivity (Wildman–Crippen MR) is 64.3 cm³/mol. The Bertz CT molecular complexity index is 232. The molecule has 0 bridgehead atoms. The molecular weight excluding hydrogens is 202 g/mol. The van der Waals surface area contributed by atoms with Crippen molar-refractivity contribution >= 4 is 5.91 Å². The zero-order chi connectivity index (χ0) is 11.4. The second-order valence-electron chi connectivity index (χ2n) is 4.95. The van der Waals surface area contributed by atoms with E-state index in [9.17, 15) is 4.79 Å². The molecule has 1 aliphatic heterocycles. The lowest BCUT2D eigenvalue weighted by Crippen LogP contribution is -2.53. The third-order valence-corrected chi connectivity index (χ3v) is 3.64. The standard InChI is InChI=1S/C12H23N3O/c1-10(14-11-4-2-3-5-11)12(16)15-8-6-13-7-9-15/h10-11,13-14H,2-9H2,1H3. The molecule has 2 rings (SSSR count). The van der Waals surface area contributed by atoms with Gasteiger partial charge in [-0.1, -0.05) is 12.8 Å². The first kappa shape index (κ1) is 11.9. The fraction of sp³-hybridized carbons (Fsp3) is 0.917. The summed E-state index contributed by atoms with van der Waals surface area (Å²) in [6.45, 7) is 5.58. The van der Waals surface area contributed by atoms with Crippen molar-refractivity contribution in [2.75, 3.05) is 26.2 Å². The van der Waals surface area contributed by atoms with Crippen LogP contribution in [0.25, 0.3) is 0 Å². The van der Waals surface area contributed by atoms with E-state index in [1.807, 2.05) is 11.8 Å². The van der Waals surface area contributed by atoms with Crippen LogP contribution < -0.4 is 10.6 Å². The van der Waals surface area contributed by atoms with Crippen molar-refractivity contribution in [2.45, 2.75) is 44.7 Å². The van der Waals surface area contributed by atoms with E-state index in [0.717, 1.165) is 26.2 Å². The van der Waals surface area contributed by atoms with Crippen LogP contribution in [0, 0.1) is 0 Å². The molecule has 0 aromatic rings. The molecule has 2 N–H and O–H groups in total. The lowest BCUT2D eigenvalue weighted by molar-refractivity contribution is -0.133. The number of carbonyl (C=O) groups excluding carboxylic acids is 1. The zero-order valence-electron chi connectivity index (χ0n) is 10.2. The predicted octanol–water partition coefficient (Wildman–Crippen LogP) is 0.339. The topological polar surface area (TPSA) is 44.4 Å². The van der Waals surface area contributed by atoms with Crippen LogP contribution in [0.15, 0.2) is 0 Å². The Labute approximate surface area is 97.8 Å². The highest BCUT2D eigenvalue weighted by Crippen LogP contribution is 2.18. The third-order valence-electron chi connectivity index (χ3n) is 3.64. The molecule has 4 heteroatoms. The lowest BCUT2D eigenvalue weighted by atomic mass is 10.2. The Balaban J connectivity index is 1.78. The van der Waals surface area contributed by atoms with Gasteiger partial charge in [0.15, 0.2) is 0 Å². The molecule has 1 aliphatic carbocycles. The molecule has 0 spiro atoms. The van der Waals surface area contributed by atoms with E-state index in [0.29, 0.717) is 6.04 Å². The van der Waals surface area contributed by atoms with Crippen molar-refractivity contribution in [3.63, 3.8) is 0 Å². The molecule has 1 saturated carbocycles. The van der Waals surface area contributed by atoms with E-state index < -0.39 is 0 Å². The Hall–Kier alpha value is -0.610. The van der Waals surface area contributed by atoms with E-state index in [4.69, 9.17) is 0 Å². The molecule has 92 valence electrons. The number of hydrogen-bond donors (Lipinski definition) is 2. The smallest absolute Gasteiger partial charge is 0.239 e. The molecular formula is C12H23N3O. The van der Waals surface area contributed by atoms with Gasteiger partial charge in [-0.2, -0.15) is 0 Å². The minimum Gasteiger partial charge on any atom is -0.339 e. The van der Waals surface area contributed by atoms with Gasteiger partial charge in [-0.25, -0.2) is 0 Å². The third kappa shape index (κ3) is 2.95. The lowest BCUT2D eigenvalue weighted by Gasteiger charge is -2.31. The number of amides is 1. The van der Waals surface area contributed by atoms with Crippen LogP contribution in [0.1, 0.15) is 32.6 Å². The largest absolute Gasteiger partial charge is 0.339 e. The summed E-state index contributed by atoms with van der Waals surface area (Å²) < 4.78 is 0. The highest BCUT2D eigenvalue weighted by atomic mass is 16.2. The van der Waals surface area contributed by atoms with Crippen LogP contribution in [0.2, 0.25) is 0 Å². The fourth-order valence-corrected chi connectivity index (χ4v) is 2.68. The van der Waals surface area contributed by atoms with Gasteiger partial charge in [-0.3, -0.25) is 4.79 Å². The van der Waals surface area contributed by atoms with E-state index in [2.05, 4.69) is 10.6 Å². The van der Waals surface area contributed by atoms with E-state index in [1.165, 1.54) is 25.7 Å². The van der Waals surface area contributed by atoms with E-state index in [-0.39, 0.29) is 11.9 Å². The summed E-state index contributed by atoms with van der Waals surface area (Å²) in [6, 6.07) is 0.558. The molecule has 0 aromatic carbocycles. The van der Waals surface area contributed by atoms with Crippen molar-refractivity contribution in [3.05, 3.63) is 0 Å². The first-order valence-corrected chi connectivity index (χ1v) is 6.53. The maximum absolute atomic E-state index is 12.1. The summed E-state index contributed by atoms with van der Waals surface area (Å²) in [6.07, 6.45) is 5.09. The van der Waals surface area contributed by atoms with Gasteiger partial charge in [0.25, 0.3) is 0 Å². The summed E-state index contributed by atoms with van der Waals surface area (Å²) in [5.41, 5.74) is 0. The molecule has 16 heavy (non-hydrogen) atoms. The molecule has 1 saturated heterocycles. The van der Waals surface area contributed by atoms with E-state index >= 15 is 0 Å². The highest BCUT2D eigenvalue weighted by molar-refractivity contribution is 5.81. The number of nitrogens with zero attached hydrogens (tertiary/aromatic N) is 1. The zero-order valence-corrected chi connectivity index (χ0v) is 10.2. The minimum atomic E-state index is -0.0128. The van der Waals surface area contributed by atoms with Crippen LogP contribution in [0.3, 0.4) is 0 Å². The second-order valence-corrected chi connectivity index (χ2v) is 4.95. The van der Waals surface area contributed by atoms with Crippen LogP contribution in [-0.4, -0.2) is 49.1 Å². The van der Waals surface area contributed by atoms with Crippen LogP contribution in [0.4, 0.5) is 0 Å². The molecule has 0 radical (unpaired) electrons. The number of carbonyl (C=O) groups is 1. The monoisotopic (exact) mass is 225 g/mol. The second kappa shape index (κ2) is 5.64. The number of piperazine rings is 1. The van der Waals surface area contributed by atoms with Crippen molar-refractivity contribution in [2.24, 2.45) is 0 Å². The average molecular weight is 225 g/mol. The molecule has 2 aliphatic rings. The van der Waals surface area contributed by atoms with Crippen LogP contribution in [-0.2, 0) is 4.79 Å². The van der Waals surface area contributed by atoms with E-state index in [1.54, 1.807) is 0 Å². The Morgan fingerprint density at radius 1 is 1.31 bits per heavy atom. The molecule has 1 unspecified atom stereocenters. The van der Waals surface area contributed by atoms with Gasteiger partial charge in [0.2, 0.25) is 5.91 Å². The highest BCUT2D eigenvalue weighted by Gasteiger charge is 2.25. The Morgan fingerprint density at radius 3 is 2.56 bits per heavy atom. The van der Waals surface area contributed by atoms with Crippen molar-refractivity contribution in [1.29, 1.82) is 0 Å². The molecule has 0 aromatic heterocycles. The molecule has 1 amide bonds. The average Bonchev–Trinajstić information content (AvgIpc) is 2.82. The van der Waals surface area contributed by atoms with Crippen LogP contribution >= 0.6 is 0 Å². The minimum absolute atomic E-state index is 0.0128. The molecule has 2 fully saturated rings. The van der Waals surface area contributed by atoms with Gasteiger partial charge in [-0.05, 0) is 19.8 Å². The van der Waals surface area contributed by atoms with Crippen molar-refractivity contribution < 1.29 is 4.79 Å². The van der Waals surface area contributed by atoms with Crippen molar-refractivity contribution in [1.82, 2.24) is 15.5 Å². The van der Waals surface area contributed by atoms with Gasteiger partial charge in [0.05, 0.1) is 6.04 Å². The van der Waals surface area contributed by atoms with Crippen LogP contribution in [0.5, 0.6) is 0 Å². The summed E-state index contributed by atoms with van der Waals surface area (Å²) in [5.74, 6) is 0.272. The first-order valence-electron chi connectivity index (χ1n) is 6.53. The van der Waals surface area contributed by atoms with Gasteiger partial charge in [0.1, 0.15) is 0 Å². The molecule has 4 nitrogen and oxygen atoms in total. The SMILES string of the molecule is CC(NC1CCCC1)C(=O)N1CCNCC1. The summed E-state index contributed by atoms with van der Waals surface area (Å²) in [4.78, 5) is 14.1. The van der Waals surface area contributed by atoms with Gasteiger partial charge >= 0.3 is 0 Å². The van der Waals surface area contributed by atoms with Crippen molar-refractivity contribution in [3.8, 4) is 0 Å². The Kier molecular flexibility index (Phi) is 4.18. The first-order chi connectivity index (χ1) is 7.77. The quantitative estimate of drug-likeness (QED) is 0.728.